The molecule has 1 heterocycles. The normalized spacial score (nSPS) is 12.7. The minimum absolute atomic E-state index is 0.243. The molecule has 1 amide bonds. The van der Waals surface area contributed by atoms with E-state index < -0.39 is 24.3 Å². The average molecular weight is 402 g/mol. The van der Waals surface area contributed by atoms with Crippen molar-refractivity contribution in [2.75, 3.05) is 0 Å². The summed E-state index contributed by atoms with van der Waals surface area (Å²) in [5, 5.41) is 12.1. The number of thiazole rings is 1. The highest BCUT2D eigenvalue weighted by Crippen LogP contribution is 2.30. The number of hydrogen-bond donors (Lipinski definition) is 2. The molecule has 10 heteroatoms. The highest BCUT2D eigenvalue weighted by atomic mass is 32.1. The molecule has 2 N–H and O–H groups in total. The second-order valence-electron chi connectivity index (χ2n) is 6.04. The van der Waals surface area contributed by atoms with Crippen molar-refractivity contribution in [3.05, 3.63) is 34.8 Å². The van der Waals surface area contributed by atoms with Crippen LogP contribution in [0.3, 0.4) is 0 Å². The molecule has 0 aliphatic rings. The first-order valence-electron chi connectivity index (χ1n) is 7.85. The molecule has 0 aliphatic carbocycles. The summed E-state index contributed by atoms with van der Waals surface area (Å²) in [6.45, 7) is 4.95. The van der Waals surface area contributed by atoms with Crippen molar-refractivity contribution in [2.24, 2.45) is 5.92 Å². The monoisotopic (exact) mass is 402 g/mol. The number of alkyl halides is 3. The van der Waals surface area contributed by atoms with Crippen molar-refractivity contribution in [3.63, 3.8) is 0 Å². The number of aromatic nitrogens is 1. The van der Waals surface area contributed by atoms with Crippen LogP contribution in [0.15, 0.2) is 24.3 Å². The minimum Gasteiger partial charge on any atom is -0.480 e. The zero-order valence-electron chi connectivity index (χ0n) is 14.6. The summed E-state index contributed by atoms with van der Waals surface area (Å²) in [5.41, 5.74) is 0.909. The lowest BCUT2D eigenvalue weighted by Gasteiger charge is -2.17. The van der Waals surface area contributed by atoms with Crippen LogP contribution in [-0.2, 0) is 4.79 Å². The first kappa shape index (κ1) is 20.7. The molecule has 1 aromatic heterocycles. The molecule has 146 valence electrons. The van der Waals surface area contributed by atoms with Crippen LogP contribution in [0.4, 0.5) is 13.2 Å². The van der Waals surface area contributed by atoms with Gasteiger partial charge in [0.15, 0.2) is 0 Å². The Labute approximate surface area is 157 Å². The molecule has 2 aromatic rings. The lowest BCUT2D eigenvalue weighted by molar-refractivity contribution is -0.274. The van der Waals surface area contributed by atoms with Crippen LogP contribution in [0.1, 0.15) is 29.2 Å². The van der Waals surface area contributed by atoms with Gasteiger partial charge in [-0.3, -0.25) is 4.79 Å². The summed E-state index contributed by atoms with van der Waals surface area (Å²) in [7, 11) is 0. The van der Waals surface area contributed by atoms with E-state index in [1.807, 2.05) is 0 Å². The van der Waals surface area contributed by atoms with E-state index in [-0.39, 0.29) is 16.5 Å². The second-order valence-corrected chi connectivity index (χ2v) is 7.04. The molecule has 1 atom stereocenters. The van der Waals surface area contributed by atoms with Gasteiger partial charge in [-0.2, -0.15) is 0 Å². The number of carbonyl (C=O) groups is 2. The number of ether oxygens (including phenoxy) is 1. The molecule has 0 saturated carbocycles. The Morgan fingerprint density at radius 1 is 1.22 bits per heavy atom. The molecular formula is C17H17F3N2O4S. The zero-order chi connectivity index (χ0) is 20.4. The second kappa shape index (κ2) is 7.95. The molecule has 0 aliphatic heterocycles. The maximum Gasteiger partial charge on any atom is 0.573 e. The third-order valence-electron chi connectivity index (χ3n) is 3.56. The number of nitrogens with one attached hydrogen (secondary N) is 1. The van der Waals surface area contributed by atoms with Crippen LogP contribution in [0.25, 0.3) is 10.6 Å². The van der Waals surface area contributed by atoms with Crippen molar-refractivity contribution in [2.45, 2.75) is 33.2 Å². The van der Waals surface area contributed by atoms with Gasteiger partial charge in [0.1, 0.15) is 21.7 Å². The summed E-state index contributed by atoms with van der Waals surface area (Å²) in [6, 6.07) is 4.06. The Kier molecular flexibility index (Phi) is 6.09. The first-order valence-corrected chi connectivity index (χ1v) is 8.67. The van der Waals surface area contributed by atoms with Crippen LogP contribution >= 0.6 is 11.3 Å². The van der Waals surface area contributed by atoms with Gasteiger partial charge in [0.25, 0.3) is 5.91 Å². The third-order valence-corrected chi connectivity index (χ3v) is 4.76. The van der Waals surface area contributed by atoms with Crippen molar-refractivity contribution < 1.29 is 32.6 Å². The Bertz CT molecular complexity index is 832. The fourth-order valence-corrected chi connectivity index (χ4v) is 3.22. The van der Waals surface area contributed by atoms with E-state index in [2.05, 4.69) is 15.0 Å². The molecule has 0 saturated heterocycles. The molecule has 1 unspecified atom stereocenters. The van der Waals surface area contributed by atoms with E-state index >= 15 is 0 Å². The number of aryl methyl sites for hydroxylation is 1. The first-order chi connectivity index (χ1) is 12.5. The largest absolute Gasteiger partial charge is 0.573 e. The SMILES string of the molecule is Cc1nc(-c2ccc(OC(F)(F)F)cc2)sc1C(=O)NC(C(=O)O)C(C)C. The molecule has 0 fully saturated rings. The number of carboxylic acids is 1. The summed E-state index contributed by atoms with van der Waals surface area (Å²) < 4.78 is 40.4. The maximum absolute atomic E-state index is 12.4. The number of carbonyl (C=O) groups excluding carboxylic acids is 1. The topological polar surface area (TPSA) is 88.5 Å². The quantitative estimate of drug-likeness (QED) is 0.766. The molecule has 0 radical (unpaired) electrons. The molecular weight excluding hydrogens is 385 g/mol. The van der Waals surface area contributed by atoms with Crippen LogP contribution in [-0.4, -0.2) is 34.4 Å². The Morgan fingerprint density at radius 2 is 1.81 bits per heavy atom. The van der Waals surface area contributed by atoms with Gasteiger partial charge in [-0.15, -0.1) is 24.5 Å². The number of rotatable bonds is 6. The highest BCUT2D eigenvalue weighted by Gasteiger charge is 2.31. The molecule has 0 spiro atoms. The number of halogens is 3. The maximum atomic E-state index is 12.4. The summed E-state index contributed by atoms with van der Waals surface area (Å²) in [5.74, 6) is -2.37. The van der Waals surface area contributed by atoms with Gasteiger partial charge in [0.05, 0.1) is 5.69 Å². The van der Waals surface area contributed by atoms with Gasteiger partial charge >= 0.3 is 12.3 Å². The predicted molar refractivity (Wildman–Crippen MR) is 92.7 cm³/mol. The van der Waals surface area contributed by atoms with Gasteiger partial charge in [-0.05, 0) is 37.1 Å². The highest BCUT2D eigenvalue weighted by molar-refractivity contribution is 7.17. The zero-order valence-corrected chi connectivity index (χ0v) is 15.4. The molecule has 6 nitrogen and oxygen atoms in total. The lowest BCUT2D eigenvalue weighted by Crippen LogP contribution is -2.44. The smallest absolute Gasteiger partial charge is 0.480 e. The van der Waals surface area contributed by atoms with Crippen LogP contribution in [0.5, 0.6) is 5.75 Å². The van der Waals surface area contributed by atoms with E-state index in [0.717, 1.165) is 23.5 Å². The van der Waals surface area contributed by atoms with Gasteiger partial charge in [0, 0.05) is 5.56 Å². The van der Waals surface area contributed by atoms with E-state index in [0.29, 0.717) is 16.3 Å². The summed E-state index contributed by atoms with van der Waals surface area (Å²) in [4.78, 5) is 28.1. The minimum atomic E-state index is -4.78. The molecule has 2 rings (SSSR count). The number of amides is 1. The molecule has 1 aromatic carbocycles. The van der Waals surface area contributed by atoms with Crippen LogP contribution < -0.4 is 10.1 Å². The van der Waals surface area contributed by atoms with E-state index in [9.17, 15) is 27.9 Å². The fraction of sp³-hybridized carbons (Fsp3) is 0.353. The number of benzene rings is 1. The Balaban J connectivity index is 2.20. The number of aliphatic carboxylic acids is 1. The number of nitrogens with zero attached hydrogens (tertiary/aromatic N) is 1. The Hall–Kier alpha value is -2.62. The van der Waals surface area contributed by atoms with E-state index in [4.69, 9.17) is 0 Å². The fourth-order valence-electron chi connectivity index (χ4n) is 2.25. The van der Waals surface area contributed by atoms with Gasteiger partial charge < -0.3 is 15.2 Å². The van der Waals surface area contributed by atoms with E-state index in [1.165, 1.54) is 12.1 Å². The van der Waals surface area contributed by atoms with E-state index in [1.54, 1.807) is 20.8 Å². The predicted octanol–water partition coefficient (Wildman–Crippen LogP) is 3.86. The molecule has 0 bridgehead atoms. The number of hydrogen-bond acceptors (Lipinski definition) is 5. The van der Waals surface area contributed by atoms with Crippen molar-refractivity contribution in [1.29, 1.82) is 0 Å². The van der Waals surface area contributed by atoms with Crippen LogP contribution in [0, 0.1) is 12.8 Å². The van der Waals surface area contributed by atoms with Crippen molar-refractivity contribution in [3.8, 4) is 16.3 Å². The lowest BCUT2D eigenvalue weighted by atomic mass is 10.0. The van der Waals surface area contributed by atoms with Crippen molar-refractivity contribution >= 4 is 23.2 Å². The van der Waals surface area contributed by atoms with Crippen molar-refractivity contribution in [1.82, 2.24) is 10.3 Å². The van der Waals surface area contributed by atoms with Gasteiger partial charge in [0.2, 0.25) is 0 Å². The van der Waals surface area contributed by atoms with Gasteiger partial charge in [-0.25, -0.2) is 9.78 Å². The average Bonchev–Trinajstić information content (AvgIpc) is 2.93. The third kappa shape index (κ3) is 5.43. The standard InChI is InChI=1S/C17H17F3N2O4S/c1-8(2)12(16(24)25)22-14(23)13-9(3)21-15(27-13)10-4-6-11(7-5-10)26-17(18,19)20/h4-8,12H,1-3H3,(H,22,23)(H,24,25). The number of carboxylic acid groups (broad SMARTS) is 1. The van der Waals surface area contributed by atoms with Gasteiger partial charge in [-0.1, -0.05) is 13.8 Å². The summed E-state index contributed by atoms with van der Waals surface area (Å²) >= 11 is 1.03. The molecule has 27 heavy (non-hydrogen) atoms. The summed E-state index contributed by atoms with van der Waals surface area (Å²) in [6.07, 6.45) is -4.78. The Morgan fingerprint density at radius 3 is 2.30 bits per heavy atom. The van der Waals surface area contributed by atoms with Crippen LogP contribution in [0.2, 0.25) is 0 Å².